The van der Waals surface area contributed by atoms with E-state index in [2.05, 4.69) is 48.9 Å². The monoisotopic (exact) mass is 519 g/mol. The fraction of sp³-hybridized carbons (Fsp3) is 0.364. The van der Waals surface area contributed by atoms with Crippen LogP contribution in [0.3, 0.4) is 0 Å². The molecular weight excluding hydrogens is 498 g/mol. The molecule has 7 heteroatoms. The van der Waals surface area contributed by atoms with E-state index in [1.165, 1.54) is 0 Å². The van der Waals surface area contributed by atoms with Gasteiger partial charge in [-0.15, -0.1) is 0 Å². The smallest absolute Gasteiger partial charge is 0.244 e. The topological polar surface area (TPSA) is 45.1 Å². The van der Waals surface area contributed by atoms with E-state index in [-0.39, 0.29) is 11.9 Å². The number of ether oxygens (including phenoxy) is 1. The number of hydrogen-bond donors (Lipinski definition) is 0. The van der Waals surface area contributed by atoms with Gasteiger partial charge >= 0.3 is 0 Å². The van der Waals surface area contributed by atoms with Crippen LogP contribution >= 0.6 is 31.9 Å². The summed E-state index contributed by atoms with van der Waals surface area (Å²) in [5.41, 5.74) is 3.10. The van der Waals surface area contributed by atoms with Crippen molar-refractivity contribution < 1.29 is 9.53 Å². The lowest BCUT2D eigenvalue weighted by molar-refractivity contribution is -0.133. The summed E-state index contributed by atoms with van der Waals surface area (Å²) in [6.45, 7) is 4.00. The Labute approximate surface area is 188 Å². The maximum absolute atomic E-state index is 13.1. The SMILES string of the molecule is O=C(CCN1CCOCC1)N1N=C(c2ccc(Br)cc2)C[C@@H]1c1ccc(Br)cc1. The first-order valence-electron chi connectivity index (χ1n) is 9.81. The molecule has 5 nitrogen and oxygen atoms in total. The highest BCUT2D eigenvalue weighted by Gasteiger charge is 2.33. The second-order valence-corrected chi connectivity index (χ2v) is 9.10. The van der Waals surface area contributed by atoms with E-state index in [1.807, 2.05) is 36.4 Å². The summed E-state index contributed by atoms with van der Waals surface area (Å²) in [4.78, 5) is 15.4. The zero-order valence-electron chi connectivity index (χ0n) is 16.1. The molecule has 0 bridgehead atoms. The van der Waals surface area contributed by atoms with E-state index >= 15 is 0 Å². The van der Waals surface area contributed by atoms with Gasteiger partial charge in [0.05, 0.1) is 25.0 Å². The molecule has 4 rings (SSSR count). The van der Waals surface area contributed by atoms with Gasteiger partial charge in [-0.3, -0.25) is 9.69 Å². The van der Waals surface area contributed by atoms with E-state index in [4.69, 9.17) is 9.84 Å². The third kappa shape index (κ3) is 5.15. The molecule has 2 heterocycles. The van der Waals surface area contributed by atoms with Crippen molar-refractivity contribution in [2.75, 3.05) is 32.8 Å². The molecule has 1 saturated heterocycles. The number of nitrogens with zero attached hydrogens (tertiary/aromatic N) is 3. The Kier molecular flexibility index (Phi) is 6.80. The van der Waals surface area contributed by atoms with Gasteiger partial charge in [0, 0.05) is 41.4 Å². The van der Waals surface area contributed by atoms with Crippen molar-refractivity contribution in [2.45, 2.75) is 18.9 Å². The van der Waals surface area contributed by atoms with Crippen molar-refractivity contribution in [1.82, 2.24) is 9.91 Å². The van der Waals surface area contributed by atoms with Crippen molar-refractivity contribution in [3.8, 4) is 0 Å². The van der Waals surface area contributed by atoms with Crippen LogP contribution in [0.15, 0.2) is 62.6 Å². The second-order valence-electron chi connectivity index (χ2n) is 7.27. The molecule has 2 aliphatic heterocycles. The Hall–Kier alpha value is -1.54. The zero-order chi connectivity index (χ0) is 20.2. The molecule has 152 valence electrons. The van der Waals surface area contributed by atoms with Gasteiger partial charge in [0.2, 0.25) is 5.91 Å². The Morgan fingerprint density at radius 1 is 1.00 bits per heavy atom. The third-order valence-corrected chi connectivity index (χ3v) is 6.40. The number of rotatable bonds is 5. The van der Waals surface area contributed by atoms with E-state index in [9.17, 15) is 4.79 Å². The van der Waals surface area contributed by atoms with Gasteiger partial charge in [-0.05, 0) is 35.4 Å². The van der Waals surface area contributed by atoms with E-state index in [0.717, 1.165) is 58.6 Å². The molecule has 2 aromatic carbocycles. The largest absolute Gasteiger partial charge is 0.379 e. The lowest BCUT2D eigenvalue weighted by Crippen LogP contribution is -2.39. The number of benzene rings is 2. The quantitative estimate of drug-likeness (QED) is 0.578. The fourth-order valence-corrected chi connectivity index (χ4v) is 4.22. The van der Waals surface area contributed by atoms with Gasteiger partial charge in [0.25, 0.3) is 0 Å². The Morgan fingerprint density at radius 2 is 1.62 bits per heavy atom. The molecule has 0 unspecified atom stereocenters. The van der Waals surface area contributed by atoms with Crippen LogP contribution in [0.2, 0.25) is 0 Å². The van der Waals surface area contributed by atoms with Crippen LogP contribution in [-0.2, 0) is 9.53 Å². The molecule has 2 aromatic rings. The summed E-state index contributed by atoms with van der Waals surface area (Å²) in [6.07, 6.45) is 1.18. The van der Waals surface area contributed by atoms with Gasteiger partial charge in [-0.1, -0.05) is 56.1 Å². The minimum absolute atomic E-state index is 0.0662. The first kappa shape index (κ1) is 20.7. The van der Waals surface area contributed by atoms with Gasteiger partial charge < -0.3 is 4.74 Å². The average Bonchev–Trinajstić information content (AvgIpc) is 3.19. The van der Waals surface area contributed by atoms with Crippen LogP contribution in [-0.4, -0.2) is 54.4 Å². The van der Waals surface area contributed by atoms with E-state index in [0.29, 0.717) is 12.8 Å². The van der Waals surface area contributed by atoms with Crippen LogP contribution in [0, 0.1) is 0 Å². The first-order valence-corrected chi connectivity index (χ1v) is 11.4. The van der Waals surface area contributed by atoms with Crippen molar-refractivity contribution >= 4 is 43.5 Å². The molecule has 1 fully saturated rings. The predicted molar refractivity (Wildman–Crippen MR) is 121 cm³/mol. The standard InChI is InChI=1S/C22H23Br2N3O2/c23-18-5-1-16(2-6-18)20-15-21(17-3-7-19(24)8-4-17)27(25-20)22(28)9-10-26-11-13-29-14-12-26/h1-8,21H,9-15H2/t21-/m1/s1. The highest BCUT2D eigenvalue weighted by molar-refractivity contribution is 9.10. The van der Waals surface area contributed by atoms with Gasteiger partial charge in [0.15, 0.2) is 0 Å². The molecule has 0 radical (unpaired) electrons. The van der Waals surface area contributed by atoms with Crippen LogP contribution < -0.4 is 0 Å². The molecule has 0 spiro atoms. The van der Waals surface area contributed by atoms with E-state index < -0.39 is 0 Å². The van der Waals surface area contributed by atoms with E-state index in [1.54, 1.807) is 5.01 Å². The third-order valence-electron chi connectivity index (χ3n) is 5.34. The van der Waals surface area contributed by atoms with Crippen LogP contribution in [0.4, 0.5) is 0 Å². The van der Waals surface area contributed by atoms with Gasteiger partial charge in [-0.2, -0.15) is 5.10 Å². The second kappa shape index (κ2) is 9.51. The van der Waals surface area contributed by atoms with Gasteiger partial charge in [0.1, 0.15) is 0 Å². The molecule has 2 aliphatic rings. The number of halogens is 2. The summed E-state index contributed by atoms with van der Waals surface area (Å²) in [5.74, 6) is 0.0662. The maximum Gasteiger partial charge on any atom is 0.244 e. The number of carbonyl (C=O) groups excluding carboxylic acids is 1. The highest BCUT2D eigenvalue weighted by atomic mass is 79.9. The van der Waals surface area contributed by atoms with Crippen molar-refractivity contribution in [3.05, 3.63) is 68.6 Å². The van der Waals surface area contributed by atoms with Gasteiger partial charge in [-0.25, -0.2) is 5.01 Å². The highest BCUT2D eigenvalue weighted by Crippen LogP contribution is 2.34. The normalized spacial score (nSPS) is 20.0. The molecule has 0 N–H and O–H groups in total. The fourth-order valence-electron chi connectivity index (χ4n) is 3.69. The summed E-state index contributed by atoms with van der Waals surface area (Å²) < 4.78 is 7.45. The first-order chi connectivity index (χ1) is 14.1. The van der Waals surface area contributed by atoms with Crippen LogP contribution in [0.1, 0.15) is 30.0 Å². The molecule has 0 saturated carbocycles. The lowest BCUT2D eigenvalue weighted by Gasteiger charge is -2.27. The Balaban J connectivity index is 1.53. The molecule has 29 heavy (non-hydrogen) atoms. The number of hydrogen-bond acceptors (Lipinski definition) is 4. The maximum atomic E-state index is 13.1. The van der Waals surface area contributed by atoms with Crippen LogP contribution in [0.25, 0.3) is 0 Å². The summed E-state index contributed by atoms with van der Waals surface area (Å²) in [7, 11) is 0. The molecule has 1 amide bonds. The molecular formula is C22H23Br2N3O2. The molecule has 1 atom stereocenters. The summed E-state index contributed by atoms with van der Waals surface area (Å²) in [5, 5.41) is 6.46. The number of hydrazone groups is 1. The van der Waals surface area contributed by atoms with Crippen molar-refractivity contribution in [1.29, 1.82) is 0 Å². The average molecular weight is 521 g/mol. The minimum atomic E-state index is -0.0704. The zero-order valence-corrected chi connectivity index (χ0v) is 19.2. The lowest BCUT2D eigenvalue weighted by atomic mass is 9.98. The number of morpholine rings is 1. The Morgan fingerprint density at radius 3 is 2.28 bits per heavy atom. The van der Waals surface area contributed by atoms with Crippen molar-refractivity contribution in [3.63, 3.8) is 0 Å². The molecule has 0 aromatic heterocycles. The predicted octanol–water partition coefficient (Wildman–Crippen LogP) is 4.61. The minimum Gasteiger partial charge on any atom is -0.379 e. The van der Waals surface area contributed by atoms with Crippen molar-refractivity contribution in [2.24, 2.45) is 5.10 Å². The Bertz CT molecular complexity index is 878. The summed E-state index contributed by atoms with van der Waals surface area (Å²) in [6, 6.07) is 16.2. The summed E-state index contributed by atoms with van der Waals surface area (Å²) >= 11 is 6.97. The number of carbonyl (C=O) groups is 1. The number of amides is 1. The van der Waals surface area contributed by atoms with Crippen LogP contribution in [0.5, 0.6) is 0 Å². The molecule has 0 aliphatic carbocycles.